The lowest BCUT2D eigenvalue weighted by Gasteiger charge is -2.11. The standard InChI is InChI=1S/C17H20N4O2.C16H14N2O4S.C7H7NO/c1-10-6-15(16(22-4)8-12(10)18)21-20-13-9-17(23-5)14(19-3)7-11(13)2;17-15-14(23(20,21)22)9-10-8-12(6-7-13(10)16(15)19)18-11-4-2-1-3-5-11;1-8-6-2-4-7(9)5-3-6/h6-9H,3,18H2,1-2,4-5H3;1-9,18-19H,17H2,(H,20,21,22);2-5,9H,1H2. The zero-order valence-corrected chi connectivity index (χ0v) is 31.4. The fourth-order valence-corrected chi connectivity index (χ4v) is 5.66. The summed E-state index contributed by atoms with van der Waals surface area (Å²) in [5.41, 5.74) is 17.9. The van der Waals surface area contributed by atoms with Crippen LogP contribution in [0.4, 0.5) is 45.5 Å². The molecule has 6 aromatic rings. The molecule has 0 heterocycles. The minimum Gasteiger partial charge on any atom is -0.508 e. The largest absolute Gasteiger partial charge is 0.508 e. The summed E-state index contributed by atoms with van der Waals surface area (Å²) < 4.78 is 42.6. The minimum atomic E-state index is -4.52. The molecule has 8 N–H and O–H groups in total. The zero-order valence-electron chi connectivity index (χ0n) is 30.6. The van der Waals surface area contributed by atoms with Crippen molar-refractivity contribution in [3.63, 3.8) is 0 Å². The summed E-state index contributed by atoms with van der Waals surface area (Å²) in [6, 6.07) is 29.4. The number of para-hydroxylation sites is 1. The molecule has 0 unspecified atom stereocenters. The van der Waals surface area contributed by atoms with Gasteiger partial charge in [0.1, 0.15) is 39.3 Å². The Balaban J connectivity index is 0.000000200. The van der Waals surface area contributed by atoms with Crippen LogP contribution in [0.15, 0.2) is 128 Å². The maximum atomic E-state index is 11.4. The van der Waals surface area contributed by atoms with Gasteiger partial charge in [-0.15, -0.1) is 5.11 Å². The van der Waals surface area contributed by atoms with Crippen molar-refractivity contribution in [3.8, 4) is 23.0 Å². The van der Waals surface area contributed by atoms with Crippen LogP contribution in [-0.2, 0) is 10.1 Å². The molecule has 0 aliphatic carbocycles. The number of phenolic OH excluding ortho intramolecular Hbond substituents is 2. The number of nitrogens with one attached hydrogen (secondary N) is 1. The Kier molecular flexibility index (Phi) is 13.5. The van der Waals surface area contributed by atoms with Gasteiger partial charge in [-0.25, -0.2) is 0 Å². The molecule has 0 radical (unpaired) electrons. The summed E-state index contributed by atoms with van der Waals surface area (Å²) in [5.74, 6) is 1.05. The monoisotopic (exact) mass is 763 g/mol. The molecule has 0 fully saturated rings. The van der Waals surface area contributed by atoms with E-state index in [-0.39, 0.29) is 17.2 Å². The predicted molar refractivity (Wildman–Crippen MR) is 220 cm³/mol. The molecule has 0 spiro atoms. The van der Waals surface area contributed by atoms with E-state index in [1.54, 1.807) is 68.8 Å². The Morgan fingerprint density at radius 2 is 1.31 bits per heavy atom. The van der Waals surface area contributed by atoms with Gasteiger partial charge in [0, 0.05) is 34.6 Å². The van der Waals surface area contributed by atoms with E-state index >= 15 is 0 Å². The number of rotatable bonds is 9. The summed E-state index contributed by atoms with van der Waals surface area (Å²) in [6.07, 6.45) is 0. The molecule has 55 heavy (non-hydrogen) atoms. The van der Waals surface area contributed by atoms with Gasteiger partial charge >= 0.3 is 0 Å². The molecule has 0 saturated carbocycles. The van der Waals surface area contributed by atoms with Crippen LogP contribution in [0.5, 0.6) is 23.0 Å². The van der Waals surface area contributed by atoms with Crippen LogP contribution in [0, 0.1) is 13.8 Å². The molecule has 0 amide bonds. The van der Waals surface area contributed by atoms with E-state index in [0.29, 0.717) is 50.7 Å². The van der Waals surface area contributed by atoms with Crippen molar-refractivity contribution in [2.75, 3.05) is 31.0 Å². The van der Waals surface area contributed by atoms with Crippen molar-refractivity contribution in [2.24, 2.45) is 20.2 Å². The number of aromatic hydroxyl groups is 2. The van der Waals surface area contributed by atoms with Gasteiger partial charge in [0.25, 0.3) is 10.1 Å². The van der Waals surface area contributed by atoms with E-state index in [1.807, 2.05) is 56.3 Å². The fraction of sp³-hybridized carbons (Fsp3) is 0.100. The maximum Gasteiger partial charge on any atom is 0.296 e. The SMILES string of the molecule is C=Nc1cc(C)c(N=Nc2cc(C)c(N)cc2OC)cc1OC.C=Nc1ccc(O)cc1.Nc1c(S(=O)(=O)O)cc2cc(Nc3ccccc3)ccc2c1O. The second kappa shape index (κ2) is 18.2. The van der Waals surface area contributed by atoms with Gasteiger partial charge in [0.05, 0.1) is 31.3 Å². The maximum absolute atomic E-state index is 11.4. The highest BCUT2D eigenvalue weighted by molar-refractivity contribution is 7.86. The predicted octanol–water partition coefficient (Wildman–Crippen LogP) is 9.49. The number of aryl methyl sites for hydroxylation is 2. The number of phenols is 2. The first-order valence-electron chi connectivity index (χ1n) is 16.3. The number of anilines is 4. The second-order valence-corrected chi connectivity index (χ2v) is 13.2. The molecule has 6 rings (SSSR count). The van der Waals surface area contributed by atoms with Crippen molar-refractivity contribution in [2.45, 2.75) is 18.7 Å². The molecule has 0 saturated heterocycles. The first kappa shape index (κ1) is 40.8. The van der Waals surface area contributed by atoms with Crippen LogP contribution < -0.4 is 26.3 Å². The highest BCUT2D eigenvalue weighted by atomic mass is 32.2. The molecule has 14 nitrogen and oxygen atoms in total. The topological polar surface area (TPSA) is 227 Å². The van der Waals surface area contributed by atoms with Crippen molar-refractivity contribution in [1.29, 1.82) is 0 Å². The first-order valence-corrected chi connectivity index (χ1v) is 17.7. The Bertz CT molecular complexity index is 2460. The molecule has 284 valence electrons. The van der Waals surface area contributed by atoms with Gasteiger partial charge in [0.15, 0.2) is 0 Å². The van der Waals surface area contributed by atoms with Gasteiger partial charge in [-0.05, 0) is 117 Å². The van der Waals surface area contributed by atoms with Crippen molar-refractivity contribution >= 4 is 79.8 Å². The van der Waals surface area contributed by atoms with Crippen LogP contribution in [-0.4, -0.2) is 50.8 Å². The molecule has 15 heteroatoms. The minimum absolute atomic E-state index is 0.252. The number of benzene rings is 6. The van der Waals surface area contributed by atoms with Crippen LogP contribution in [0.1, 0.15) is 11.1 Å². The Morgan fingerprint density at radius 1 is 0.691 bits per heavy atom. The average Bonchev–Trinajstić information content (AvgIpc) is 3.17. The Labute approximate surface area is 318 Å². The summed E-state index contributed by atoms with van der Waals surface area (Å²) in [7, 11) is -1.38. The zero-order chi connectivity index (χ0) is 40.3. The number of nitrogen functional groups attached to an aromatic ring is 2. The molecule has 0 aliphatic rings. The molecular weight excluding hydrogens is 723 g/mol. The molecular formula is C40H41N7O7S. The lowest BCUT2D eigenvalue weighted by Crippen LogP contribution is -2.03. The second-order valence-electron chi connectivity index (χ2n) is 11.8. The number of azo groups is 1. The summed E-state index contributed by atoms with van der Waals surface area (Å²) >= 11 is 0. The van der Waals surface area contributed by atoms with Crippen LogP contribution in [0.25, 0.3) is 10.8 Å². The number of fused-ring (bicyclic) bond motifs is 1. The normalized spacial score (nSPS) is 10.8. The van der Waals surface area contributed by atoms with E-state index in [0.717, 1.165) is 22.5 Å². The van der Waals surface area contributed by atoms with Gasteiger partial charge in [-0.1, -0.05) is 18.2 Å². The highest BCUT2D eigenvalue weighted by Crippen LogP contribution is 2.39. The smallest absolute Gasteiger partial charge is 0.296 e. The van der Waals surface area contributed by atoms with Crippen LogP contribution in [0.2, 0.25) is 0 Å². The third-order valence-electron chi connectivity index (χ3n) is 7.99. The quantitative estimate of drug-likeness (QED) is 0.0269. The number of hydrogen-bond acceptors (Lipinski definition) is 13. The summed E-state index contributed by atoms with van der Waals surface area (Å²) in [4.78, 5) is 7.07. The number of methoxy groups -OCH3 is 2. The van der Waals surface area contributed by atoms with E-state index < -0.39 is 15.0 Å². The van der Waals surface area contributed by atoms with E-state index in [9.17, 15) is 18.1 Å². The summed E-state index contributed by atoms with van der Waals surface area (Å²) in [6.45, 7) is 10.7. The average molecular weight is 764 g/mol. The third kappa shape index (κ3) is 10.6. The van der Waals surface area contributed by atoms with Crippen molar-refractivity contribution in [1.82, 2.24) is 0 Å². The van der Waals surface area contributed by atoms with E-state index in [1.165, 1.54) is 6.07 Å². The van der Waals surface area contributed by atoms with Gasteiger partial charge in [-0.2, -0.15) is 13.5 Å². The number of aliphatic imine (C=N–C) groups is 2. The summed E-state index contributed by atoms with van der Waals surface area (Å²) in [5, 5.41) is 31.4. The van der Waals surface area contributed by atoms with Crippen LogP contribution in [0.3, 0.4) is 0 Å². The molecule has 0 bridgehead atoms. The van der Waals surface area contributed by atoms with Gasteiger partial charge in [-0.3, -0.25) is 14.5 Å². The lowest BCUT2D eigenvalue weighted by atomic mass is 10.1. The van der Waals surface area contributed by atoms with E-state index in [4.69, 9.17) is 26.0 Å². The van der Waals surface area contributed by atoms with Crippen LogP contribution >= 0.6 is 0 Å². The van der Waals surface area contributed by atoms with Gasteiger partial charge in [0.2, 0.25) is 0 Å². The number of nitrogens with two attached hydrogens (primary N) is 2. The molecule has 0 aromatic heterocycles. The lowest BCUT2D eigenvalue weighted by molar-refractivity contribution is 0.415. The molecule has 6 aromatic carbocycles. The molecule has 0 aliphatic heterocycles. The third-order valence-corrected chi connectivity index (χ3v) is 8.88. The number of nitrogens with zero attached hydrogens (tertiary/aromatic N) is 4. The first-order chi connectivity index (χ1) is 26.2. The Morgan fingerprint density at radius 3 is 1.91 bits per heavy atom. The molecule has 0 atom stereocenters. The highest BCUT2D eigenvalue weighted by Gasteiger charge is 2.19. The van der Waals surface area contributed by atoms with Gasteiger partial charge < -0.3 is 36.5 Å². The number of hydrogen-bond donors (Lipinski definition) is 6. The number of ether oxygens (including phenoxy) is 2. The van der Waals surface area contributed by atoms with Crippen molar-refractivity contribution < 1.29 is 32.7 Å². The fourth-order valence-electron chi connectivity index (χ4n) is 5.01. The van der Waals surface area contributed by atoms with E-state index in [2.05, 4.69) is 39.0 Å². The Hall–Kier alpha value is -6.97. The van der Waals surface area contributed by atoms with Crippen molar-refractivity contribution in [3.05, 3.63) is 114 Å².